The summed E-state index contributed by atoms with van der Waals surface area (Å²) < 4.78 is 7.76. The van der Waals surface area contributed by atoms with Gasteiger partial charge in [0, 0.05) is 0 Å². The van der Waals surface area contributed by atoms with Crippen LogP contribution in [0.25, 0.3) is 10.9 Å². The minimum atomic E-state index is 0.382. The molecule has 1 aliphatic rings. The number of hydrogen-bond donors (Lipinski definition) is 0. The molecule has 78 valence electrons. The van der Waals surface area contributed by atoms with E-state index in [1.165, 1.54) is 0 Å². The Hall–Kier alpha value is -1.51. The largest absolute Gasteiger partial charge is 0.475 e. The maximum atomic E-state index is 5.73. The fourth-order valence-corrected chi connectivity index (χ4v) is 2.11. The normalized spacial score (nSPS) is 19.5. The third-order valence-corrected chi connectivity index (χ3v) is 3.03. The van der Waals surface area contributed by atoms with Crippen molar-refractivity contribution < 1.29 is 4.74 Å². The summed E-state index contributed by atoms with van der Waals surface area (Å²) in [4.78, 5) is 0. The van der Waals surface area contributed by atoms with Crippen LogP contribution in [0.5, 0.6) is 5.88 Å². The van der Waals surface area contributed by atoms with Crippen LogP contribution in [0.4, 0.5) is 0 Å². The quantitative estimate of drug-likeness (QED) is 0.710. The first-order valence-electron chi connectivity index (χ1n) is 5.37. The molecular weight excluding hydrogens is 188 g/mol. The van der Waals surface area contributed by atoms with Crippen LogP contribution in [0.15, 0.2) is 24.3 Å². The SMILES string of the molecule is CC(C)[C@H]1COc2c3ccccc3nn21. The van der Waals surface area contributed by atoms with Crippen molar-refractivity contribution in [2.24, 2.45) is 5.92 Å². The van der Waals surface area contributed by atoms with E-state index in [9.17, 15) is 0 Å². The molecule has 0 fully saturated rings. The van der Waals surface area contributed by atoms with E-state index < -0.39 is 0 Å². The topological polar surface area (TPSA) is 27.1 Å². The van der Waals surface area contributed by atoms with E-state index in [4.69, 9.17) is 4.74 Å². The molecule has 1 aromatic carbocycles. The number of nitrogens with zero attached hydrogens (tertiary/aromatic N) is 2. The van der Waals surface area contributed by atoms with Gasteiger partial charge in [0.05, 0.1) is 16.9 Å². The van der Waals surface area contributed by atoms with Crippen LogP contribution >= 0.6 is 0 Å². The van der Waals surface area contributed by atoms with E-state index in [-0.39, 0.29) is 0 Å². The molecule has 1 aliphatic heterocycles. The van der Waals surface area contributed by atoms with Crippen molar-refractivity contribution in [3.8, 4) is 5.88 Å². The highest BCUT2D eigenvalue weighted by Crippen LogP contribution is 2.36. The molecule has 0 radical (unpaired) electrons. The number of rotatable bonds is 1. The van der Waals surface area contributed by atoms with Crippen molar-refractivity contribution >= 4 is 10.9 Å². The lowest BCUT2D eigenvalue weighted by molar-refractivity contribution is 0.287. The molecule has 1 aromatic heterocycles. The summed E-state index contributed by atoms with van der Waals surface area (Å²) in [6.07, 6.45) is 0. The molecule has 1 atom stereocenters. The summed E-state index contributed by atoms with van der Waals surface area (Å²) >= 11 is 0. The number of hydrogen-bond acceptors (Lipinski definition) is 2. The fourth-order valence-electron chi connectivity index (χ4n) is 2.11. The third kappa shape index (κ3) is 1.16. The average molecular weight is 202 g/mol. The molecule has 2 aromatic rings. The highest BCUT2D eigenvalue weighted by atomic mass is 16.5. The first-order valence-corrected chi connectivity index (χ1v) is 5.37. The van der Waals surface area contributed by atoms with Gasteiger partial charge in [-0.25, -0.2) is 4.68 Å². The van der Waals surface area contributed by atoms with E-state index in [0.29, 0.717) is 12.0 Å². The van der Waals surface area contributed by atoms with Gasteiger partial charge in [0.1, 0.15) is 6.61 Å². The zero-order valence-electron chi connectivity index (χ0n) is 8.97. The predicted octanol–water partition coefficient (Wildman–Crippen LogP) is 2.63. The van der Waals surface area contributed by atoms with Crippen LogP contribution in [0.3, 0.4) is 0 Å². The van der Waals surface area contributed by atoms with Gasteiger partial charge >= 0.3 is 0 Å². The smallest absolute Gasteiger partial charge is 0.220 e. The Kier molecular flexibility index (Phi) is 1.75. The Labute approximate surface area is 88.7 Å². The van der Waals surface area contributed by atoms with Crippen molar-refractivity contribution in [2.75, 3.05) is 6.61 Å². The van der Waals surface area contributed by atoms with Gasteiger partial charge < -0.3 is 4.74 Å². The molecular formula is C12H14N2O. The molecule has 0 aliphatic carbocycles. The van der Waals surface area contributed by atoms with E-state index in [0.717, 1.165) is 23.4 Å². The summed E-state index contributed by atoms with van der Waals surface area (Å²) in [7, 11) is 0. The van der Waals surface area contributed by atoms with Crippen LogP contribution in [0.2, 0.25) is 0 Å². The molecule has 0 saturated carbocycles. The molecule has 0 unspecified atom stereocenters. The van der Waals surface area contributed by atoms with Crippen molar-refractivity contribution in [3.63, 3.8) is 0 Å². The second-order valence-electron chi connectivity index (χ2n) is 4.39. The molecule has 0 saturated heterocycles. The summed E-state index contributed by atoms with van der Waals surface area (Å²) in [5.74, 6) is 1.49. The Balaban J connectivity index is 2.21. The van der Waals surface area contributed by atoms with Crippen LogP contribution in [0, 0.1) is 5.92 Å². The molecule has 3 heteroatoms. The molecule has 3 nitrogen and oxygen atoms in total. The molecule has 3 rings (SSSR count). The van der Waals surface area contributed by atoms with E-state index in [1.807, 2.05) is 22.9 Å². The lowest BCUT2D eigenvalue weighted by atomic mass is 10.1. The predicted molar refractivity (Wildman–Crippen MR) is 59.1 cm³/mol. The zero-order valence-corrected chi connectivity index (χ0v) is 8.97. The van der Waals surface area contributed by atoms with Crippen molar-refractivity contribution in [3.05, 3.63) is 24.3 Å². The standard InChI is InChI=1S/C12H14N2O/c1-8(2)11-7-15-12-9-5-3-4-6-10(9)13-14(11)12/h3-6,8,11H,7H2,1-2H3/t11-/m1/s1. The highest BCUT2D eigenvalue weighted by Gasteiger charge is 2.29. The van der Waals surface area contributed by atoms with E-state index >= 15 is 0 Å². The number of fused-ring (bicyclic) bond motifs is 3. The average Bonchev–Trinajstić information content (AvgIpc) is 2.74. The van der Waals surface area contributed by atoms with Gasteiger partial charge in [0.2, 0.25) is 5.88 Å². The van der Waals surface area contributed by atoms with Crippen molar-refractivity contribution in [2.45, 2.75) is 19.9 Å². The van der Waals surface area contributed by atoms with Crippen molar-refractivity contribution in [1.82, 2.24) is 9.78 Å². The Morgan fingerprint density at radius 2 is 2.20 bits per heavy atom. The zero-order chi connectivity index (χ0) is 10.4. The Morgan fingerprint density at radius 1 is 1.40 bits per heavy atom. The third-order valence-electron chi connectivity index (χ3n) is 3.03. The molecule has 0 N–H and O–H groups in total. The maximum Gasteiger partial charge on any atom is 0.220 e. The number of aromatic nitrogens is 2. The second-order valence-corrected chi connectivity index (χ2v) is 4.39. The summed E-state index contributed by atoms with van der Waals surface area (Å²) in [6, 6.07) is 8.51. The summed E-state index contributed by atoms with van der Waals surface area (Å²) in [6.45, 7) is 5.16. The Bertz CT molecular complexity index is 501. The fraction of sp³-hybridized carbons (Fsp3) is 0.417. The van der Waals surface area contributed by atoms with Crippen LogP contribution in [-0.2, 0) is 0 Å². The van der Waals surface area contributed by atoms with E-state index in [1.54, 1.807) is 0 Å². The molecule has 2 heterocycles. The number of ether oxygens (including phenoxy) is 1. The van der Waals surface area contributed by atoms with Crippen molar-refractivity contribution in [1.29, 1.82) is 0 Å². The molecule has 0 spiro atoms. The lowest BCUT2D eigenvalue weighted by Gasteiger charge is -2.12. The van der Waals surface area contributed by atoms with Gasteiger partial charge in [-0.3, -0.25) is 0 Å². The number of benzene rings is 1. The minimum absolute atomic E-state index is 0.382. The maximum absolute atomic E-state index is 5.73. The first kappa shape index (κ1) is 8.77. The van der Waals surface area contributed by atoms with Crippen LogP contribution < -0.4 is 4.74 Å². The molecule has 0 amide bonds. The Morgan fingerprint density at radius 3 is 3.00 bits per heavy atom. The minimum Gasteiger partial charge on any atom is -0.475 e. The summed E-state index contributed by atoms with van der Waals surface area (Å²) in [5.41, 5.74) is 1.03. The van der Waals surface area contributed by atoms with Gasteiger partial charge in [-0.15, -0.1) is 0 Å². The van der Waals surface area contributed by atoms with E-state index in [2.05, 4.69) is 25.0 Å². The van der Waals surface area contributed by atoms with Gasteiger partial charge in [0.15, 0.2) is 0 Å². The van der Waals surface area contributed by atoms with Crippen LogP contribution in [-0.4, -0.2) is 16.4 Å². The second kappa shape index (κ2) is 2.99. The van der Waals surface area contributed by atoms with Gasteiger partial charge in [-0.1, -0.05) is 26.0 Å². The molecule has 15 heavy (non-hydrogen) atoms. The highest BCUT2D eigenvalue weighted by molar-refractivity contribution is 5.84. The lowest BCUT2D eigenvalue weighted by Crippen LogP contribution is -2.15. The van der Waals surface area contributed by atoms with Gasteiger partial charge in [0.25, 0.3) is 0 Å². The van der Waals surface area contributed by atoms with Gasteiger partial charge in [-0.05, 0) is 18.1 Å². The molecule has 0 bridgehead atoms. The summed E-state index contributed by atoms with van der Waals surface area (Å²) in [5, 5.41) is 5.71. The monoisotopic (exact) mass is 202 g/mol. The van der Waals surface area contributed by atoms with Crippen LogP contribution in [0.1, 0.15) is 19.9 Å². The first-order chi connectivity index (χ1) is 7.27. The van der Waals surface area contributed by atoms with Gasteiger partial charge in [-0.2, -0.15) is 5.10 Å².